The Labute approximate surface area is 219 Å². The number of ether oxygens (including phenoxy) is 2. The first-order valence-corrected chi connectivity index (χ1v) is 13.3. The van der Waals surface area contributed by atoms with Crippen LogP contribution in [0.5, 0.6) is 11.5 Å². The number of rotatable bonds is 8. The van der Waals surface area contributed by atoms with Crippen LogP contribution in [-0.4, -0.2) is 54.5 Å². The Kier molecular flexibility index (Phi) is 7.13. The number of halogens is 1. The van der Waals surface area contributed by atoms with Crippen molar-refractivity contribution in [1.29, 1.82) is 0 Å². The van der Waals surface area contributed by atoms with E-state index < -0.39 is 33.8 Å². The number of carbonyl (C=O) groups is 1. The van der Waals surface area contributed by atoms with Gasteiger partial charge in [0.25, 0.3) is 0 Å². The molecule has 2 N–H and O–H groups in total. The molecule has 2 aliphatic heterocycles. The lowest BCUT2D eigenvalue weighted by atomic mass is 10.0. The molecule has 3 heterocycles. The summed E-state index contributed by atoms with van der Waals surface area (Å²) >= 11 is 0. The fourth-order valence-electron chi connectivity index (χ4n) is 4.44. The third kappa shape index (κ3) is 5.11. The Hall–Kier alpha value is -4.21. The van der Waals surface area contributed by atoms with Crippen LogP contribution >= 0.6 is 0 Å². The molecule has 1 unspecified atom stereocenters. The third-order valence-corrected chi connectivity index (χ3v) is 8.19. The van der Waals surface area contributed by atoms with Gasteiger partial charge in [0.15, 0.2) is 11.5 Å². The van der Waals surface area contributed by atoms with Crippen LogP contribution < -0.4 is 20.1 Å². The van der Waals surface area contributed by atoms with E-state index in [2.05, 4.69) is 26.5 Å². The molecular weight excluding hydrogens is 513 g/mol. The van der Waals surface area contributed by atoms with Gasteiger partial charge in [-0.05, 0) is 60.9 Å². The summed E-state index contributed by atoms with van der Waals surface area (Å²) in [5.41, 5.74) is 1.10. The fraction of sp³-hybridized carbons (Fsp3) is 0.269. The fourth-order valence-corrected chi connectivity index (χ4v) is 6.10. The number of benzene rings is 2. The van der Waals surface area contributed by atoms with E-state index in [1.54, 1.807) is 24.3 Å². The van der Waals surface area contributed by atoms with E-state index in [1.807, 2.05) is 0 Å². The Morgan fingerprint density at radius 1 is 1.18 bits per heavy atom. The molecule has 1 saturated heterocycles. The molecule has 196 valence electrons. The standard InChI is InChI=1S/C26H24FN5O5S/c1-2-12-28-26-29-13-11-20(30-26)24(17-5-10-22-23(15-17)37-16-36-22)31-25(33)21-4-3-14-32(21)38(34,35)19-8-6-18(27)7-9-19/h1,5-11,13,15,21,24H,3-4,12,14,16H2,(H,31,33)(H,28,29,30)/t21-,24?/m0/s1. The molecule has 1 amide bonds. The van der Waals surface area contributed by atoms with Gasteiger partial charge in [-0.3, -0.25) is 4.79 Å². The summed E-state index contributed by atoms with van der Waals surface area (Å²) in [7, 11) is -4.02. The van der Waals surface area contributed by atoms with Crippen molar-refractivity contribution in [3.8, 4) is 23.8 Å². The Bertz CT molecular complexity index is 1490. The quantitative estimate of drug-likeness (QED) is 0.420. The number of hydrogen-bond acceptors (Lipinski definition) is 8. The van der Waals surface area contributed by atoms with Crippen molar-refractivity contribution in [2.45, 2.75) is 29.8 Å². The number of terminal acetylenes is 1. The average Bonchev–Trinajstić information content (AvgIpc) is 3.61. The highest BCUT2D eigenvalue weighted by Gasteiger charge is 2.40. The molecule has 3 aromatic rings. The van der Waals surface area contributed by atoms with Crippen molar-refractivity contribution >= 4 is 21.9 Å². The molecule has 2 aliphatic rings. The monoisotopic (exact) mass is 537 g/mol. The van der Waals surface area contributed by atoms with Gasteiger partial charge in [0.05, 0.1) is 23.2 Å². The molecule has 0 bridgehead atoms. The highest BCUT2D eigenvalue weighted by molar-refractivity contribution is 7.89. The van der Waals surface area contributed by atoms with E-state index in [4.69, 9.17) is 15.9 Å². The first kappa shape index (κ1) is 25.4. The number of anilines is 1. The molecule has 1 aromatic heterocycles. The third-order valence-electron chi connectivity index (χ3n) is 6.26. The van der Waals surface area contributed by atoms with E-state index >= 15 is 0 Å². The zero-order chi connectivity index (χ0) is 26.7. The van der Waals surface area contributed by atoms with Crippen molar-refractivity contribution < 1.29 is 27.1 Å². The molecule has 10 nitrogen and oxygen atoms in total. The molecule has 2 aromatic carbocycles. The summed E-state index contributed by atoms with van der Waals surface area (Å²) in [5.74, 6) is 2.78. The molecule has 0 saturated carbocycles. The minimum absolute atomic E-state index is 0.0778. The number of fused-ring (bicyclic) bond motifs is 1. The maximum absolute atomic E-state index is 13.6. The highest BCUT2D eigenvalue weighted by Crippen LogP contribution is 2.36. The first-order chi connectivity index (χ1) is 18.4. The number of aromatic nitrogens is 2. The van der Waals surface area contributed by atoms with Gasteiger partial charge in [-0.1, -0.05) is 12.0 Å². The van der Waals surface area contributed by atoms with Crippen LogP contribution in [0, 0.1) is 18.2 Å². The predicted molar refractivity (Wildman–Crippen MR) is 135 cm³/mol. The summed E-state index contributed by atoms with van der Waals surface area (Å²) in [6, 6.07) is 9.72. The maximum Gasteiger partial charge on any atom is 0.243 e. The van der Waals surface area contributed by atoms with Crippen LogP contribution in [0.2, 0.25) is 0 Å². The van der Waals surface area contributed by atoms with Crippen LogP contribution in [-0.2, 0) is 14.8 Å². The van der Waals surface area contributed by atoms with Gasteiger partial charge in [-0.15, -0.1) is 6.42 Å². The van der Waals surface area contributed by atoms with Gasteiger partial charge in [-0.2, -0.15) is 4.31 Å². The number of amides is 1. The number of hydrogen-bond donors (Lipinski definition) is 2. The summed E-state index contributed by atoms with van der Waals surface area (Å²) < 4.78 is 52.1. The molecule has 0 aliphatic carbocycles. The second-order valence-corrected chi connectivity index (χ2v) is 10.5. The second kappa shape index (κ2) is 10.6. The number of nitrogens with one attached hydrogen (secondary N) is 2. The number of nitrogens with zero attached hydrogens (tertiary/aromatic N) is 3. The van der Waals surface area contributed by atoms with Gasteiger partial charge in [0.1, 0.15) is 11.9 Å². The van der Waals surface area contributed by atoms with Crippen molar-refractivity contribution in [1.82, 2.24) is 19.6 Å². The van der Waals surface area contributed by atoms with Crippen molar-refractivity contribution in [3.05, 3.63) is 71.8 Å². The molecule has 0 radical (unpaired) electrons. The second-order valence-electron chi connectivity index (χ2n) is 8.64. The van der Waals surface area contributed by atoms with Gasteiger partial charge in [0.2, 0.25) is 28.7 Å². The van der Waals surface area contributed by atoms with Gasteiger partial charge in [0, 0.05) is 12.7 Å². The number of carbonyl (C=O) groups excluding carboxylic acids is 1. The lowest BCUT2D eigenvalue weighted by Gasteiger charge is -2.26. The summed E-state index contributed by atoms with van der Waals surface area (Å²) in [6.45, 7) is 0.463. The largest absolute Gasteiger partial charge is 0.454 e. The van der Waals surface area contributed by atoms with E-state index in [-0.39, 0.29) is 30.7 Å². The Balaban J connectivity index is 1.45. The summed E-state index contributed by atoms with van der Waals surface area (Å²) in [5, 5.41) is 5.88. The Morgan fingerprint density at radius 3 is 2.76 bits per heavy atom. The zero-order valence-electron chi connectivity index (χ0n) is 20.1. The molecule has 38 heavy (non-hydrogen) atoms. The topological polar surface area (TPSA) is 123 Å². The van der Waals surface area contributed by atoms with E-state index in [0.717, 1.165) is 16.4 Å². The van der Waals surface area contributed by atoms with Crippen molar-refractivity contribution in [3.63, 3.8) is 0 Å². The van der Waals surface area contributed by atoms with Gasteiger partial charge >= 0.3 is 0 Å². The van der Waals surface area contributed by atoms with Crippen LogP contribution in [0.25, 0.3) is 0 Å². The molecule has 5 rings (SSSR count). The highest BCUT2D eigenvalue weighted by atomic mass is 32.2. The molecule has 1 fully saturated rings. The first-order valence-electron chi connectivity index (χ1n) is 11.8. The summed E-state index contributed by atoms with van der Waals surface area (Å²) in [6.07, 6.45) is 7.70. The van der Waals surface area contributed by atoms with Crippen LogP contribution in [0.1, 0.15) is 30.1 Å². The molecule has 12 heteroatoms. The molecule has 2 atom stereocenters. The SMILES string of the molecule is C#CCNc1nccc(C(NC(=O)[C@@H]2CCCN2S(=O)(=O)c2ccc(F)cc2)c2ccc3c(c2)OCO3)n1. The zero-order valence-corrected chi connectivity index (χ0v) is 20.9. The van der Waals surface area contributed by atoms with Crippen LogP contribution in [0.4, 0.5) is 10.3 Å². The van der Waals surface area contributed by atoms with Crippen LogP contribution in [0.3, 0.4) is 0 Å². The van der Waals surface area contributed by atoms with Crippen LogP contribution in [0.15, 0.2) is 59.6 Å². The smallest absolute Gasteiger partial charge is 0.243 e. The lowest BCUT2D eigenvalue weighted by molar-refractivity contribution is -0.124. The molecular formula is C26H24FN5O5S. The normalized spacial score (nSPS) is 17.5. The van der Waals surface area contributed by atoms with Crippen molar-refractivity contribution in [2.24, 2.45) is 0 Å². The summed E-state index contributed by atoms with van der Waals surface area (Å²) in [4.78, 5) is 22.2. The van der Waals surface area contributed by atoms with E-state index in [0.29, 0.717) is 35.6 Å². The van der Waals surface area contributed by atoms with Gasteiger partial charge < -0.3 is 20.1 Å². The van der Waals surface area contributed by atoms with E-state index in [9.17, 15) is 17.6 Å². The molecule has 0 spiro atoms. The number of sulfonamides is 1. The minimum atomic E-state index is -4.02. The van der Waals surface area contributed by atoms with Gasteiger partial charge in [-0.25, -0.2) is 22.8 Å². The lowest BCUT2D eigenvalue weighted by Crippen LogP contribution is -2.47. The Morgan fingerprint density at radius 2 is 1.97 bits per heavy atom. The predicted octanol–water partition coefficient (Wildman–Crippen LogP) is 2.45. The minimum Gasteiger partial charge on any atom is -0.454 e. The van der Waals surface area contributed by atoms with E-state index in [1.165, 1.54) is 18.3 Å². The average molecular weight is 538 g/mol. The van der Waals surface area contributed by atoms with Crippen molar-refractivity contribution in [2.75, 3.05) is 25.2 Å². The maximum atomic E-state index is 13.6.